The van der Waals surface area contributed by atoms with E-state index in [1.807, 2.05) is 12.4 Å². The van der Waals surface area contributed by atoms with Gasteiger partial charge in [-0.3, -0.25) is 4.90 Å². The summed E-state index contributed by atoms with van der Waals surface area (Å²) in [4.78, 5) is 5.56. The van der Waals surface area contributed by atoms with Crippen molar-refractivity contribution in [3.63, 3.8) is 0 Å². The molecular formula is C18H25N3O. The van der Waals surface area contributed by atoms with E-state index in [9.17, 15) is 0 Å². The van der Waals surface area contributed by atoms with E-state index in [2.05, 4.69) is 59.4 Å². The smallest absolute Gasteiger partial charge is 0.0678 e. The van der Waals surface area contributed by atoms with Crippen LogP contribution in [-0.4, -0.2) is 35.2 Å². The van der Waals surface area contributed by atoms with Crippen LogP contribution >= 0.6 is 0 Å². The molecule has 1 aromatic carbocycles. The molecule has 2 aromatic rings. The van der Waals surface area contributed by atoms with E-state index >= 15 is 0 Å². The number of benzene rings is 1. The van der Waals surface area contributed by atoms with Gasteiger partial charge in [-0.25, -0.2) is 0 Å². The molecule has 0 bridgehead atoms. The van der Waals surface area contributed by atoms with E-state index in [1.54, 1.807) is 0 Å². The number of nitrogens with zero attached hydrogens (tertiary/aromatic N) is 1. The van der Waals surface area contributed by atoms with Gasteiger partial charge in [0.1, 0.15) is 0 Å². The number of H-pyrrole nitrogens is 1. The number of aromatic nitrogens is 1. The molecule has 1 aliphatic rings. The largest absolute Gasteiger partial charge is 0.381 e. The van der Waals surface area contributed by atoms with Crippen LogP contribution in [0.1, 0.15) is 25.0 Å². The number of hydrogen-bond donors (Lipinski definition) is 2. The minimum absolute atomic E-state index is 0.318. The molecule has 2 atom stereocenters. The van der Waals surface area contributed by atoms with Crippen molar-refractivity contribution >= 4 is 5.69 Å². The summed E-state index contributed by atoms with van der Waals surface area (Å²) in [5.74, 6) is 0. The Morgan fingerprint density at radius 3 is 2.73 bits per heavy atom. The molecule has 0 saturated carbocycles. The Kier molecular flexibility index (Phi) is 4.80. The highest BCUT2D eigenvalue weighted by Crippen LogP contribution is 2.17. The van der Waals surface area contributed by atoms with Crippen molar-refractivity contribution in [1.82, 2.24) is 9.88 Å². The van der Waals surface area contributed by atoms with Crippen LogP contribution in [0, 0.1) is 0 Å². The van der Waals surface area contributed by atoms with Crippen LogP contribution in [0.4, 0.5) is 5.69 Å². The Morgan fingerprint density at radius 1 is 1.18 bits per heavy atom. The molecule has 0 radical (unpaired) electrons. The molecule has 22 heavy (non-hydrogen) atoms. The molecule has 1 fully saturated rings. The predicted molar refractivity (Wildman–Crippen MR) is 89.8 cm³/mol. The van der Waals surface area contributed by atoms with Crippen molar-refractivity contribution in [2.24, 2.45) is 0 Å². The van der Waals surface area contributed by atoms with Gasteiger partial charge in [-0.1, -0.05) is 12.1 Å². The number of nitrogens with one attached hydrogen (secondary N) is 2. The van der Waals surface area contributed by atoms with E-state index in [0.717, 1.165) is 26.2 Å². The van der Waals surface area contributed by atoms with Crippen molar-refractivity contribution < 1.29 is 4.74 Å². The topological polar surface area (TPSA) is 40.3 Å². The highest BCUT2D eigenvalue weighted by molar-refractivity contribution is 5.46. The van der Waals surface area contributed by atoms with Gasteiger partial charge < -0.3 is 15.0 Å². The highest BCUT2D eigenvalue weighted by atomic mass is 16.5. The zero-order chi connectivity index (χ0) is 15.4. The average Bonchev–Trinajstić information content (AvgIpc) is 2.98. The summed E-state index contributed by atoms with van der Waals surface area (Å²) >= 11 is 0. The standard InChI is InChI=1S/C18H25N3O/c1-14-11-21(12-15(2)22-14)13-16-4-3-5-18(8-16)20-10-17-6-7-19-9-17/h3-9,14-15,19-20H,10-13H2,1-2H3/t14-,15-/m0/s1. The zero-order valence-corrected chi connectivity index (χ0v) is 13.4. The van der Waals surface area contributed by atoms with Crippen LogP contribution in [0.5, 0.6) is 0 Å². The highest BCUT2D eigenvalue weighted by Gasteiger charge is 2.21. The fraction of sp³-hybridized carbons (Fsp3) is 0.444. The second-order valence-corrected chi connectivity index (χ2v) is 6.22. The maximum Gasteiger partial charge on any atom is 0.0678 e. The van der Waals surface area contributed by atoms with Crippen LogP contribution in [-0.2, 0) is 17.8 Å². The van der Waals surface area contributed by atoms with E-state index in [4.69, 9.17) is 4.74 Å². The van der Waals surface area contributed by atoms with Gasteiger partial charge in [0.15, 0.2) is 0 Å². The van der Waals surface area contributed by atoms with Crippen molar-refractivity contribution in [3.05, 3.63) is 53.9 Å². The number of anilines is 1. The molecule has 4 heteroatoms. The van der Waals surface area contributed by atoms with Crippen molar-refractivity contribution in [2.75, 3.05) is 18.4 Å². The minimum atomic E-state index is 0.318. The monoisotopic (exact) mass is 299 g/mol. The average molecular weight is 299 g/mol. The van der Waals surface area contributed by atoms with Crippen LogP contribution in [0.25, 0.3) is 0 Å². The maximum absolute atomic E-state index is 5.80. The van der Waals surface area contributed by atoms with Gasteiger partial charge in [-0.2, -0.15) is 0 Å². The number of hydrogen-bond acceptors (Lipinski definition) is 3. The summed E-state index contributed by atoms with van der Waals surface area (Å²) < 4.78 is 5.80. The van der Waals surface area contributed by atoms with Gasteiger partial charge >= 0.3 is 0 Å². The SMILES string of the molecule is C[C@H]1CN(Cc2cccc(NCc3cc[nH]c3)c2)C[C@H](C)O1. The number of morpholine rings is 1. The van der Waals surface area contributed by atoms with Crippen LogP contribution < -0.4 is 5.32 Å². The van der Waals surface area contributed by atoms with Crippen molar-refractivity contribution in [3.8, 4) is 0 Å². The maximum atomic E-state index is 5.80. The lowest BCUT2D eigenvalue weighted by molar-refractivity contribution is -0.0704. The molecule has 1 aliphatic heterocycles. The van der Waals surface area contributed by atoms with Gasteiger partial charge in [0.2, 0.25) is 0 Å². The summed E-state index contributed by atoms with van der Waals surface area (Å²) in [6, 6.07) is 10.8. The Hall–Kier alpha value is -1.78. The number of aromatic amines is 1. The predicted octanol–water partition coefficient (Wildman–Crippen LogP) is 3.24. The van der Waals surface area contributed by atoms with E-state index in [1.165, 1.54) is 16.8 Å². The molecule has 0 unspecified atom stereocenters. The van der Waals surface area contributed by atoms with E-state index < -0.39 is 0 Å². The summed E-state index contributed by atoms with van der Waals surface area (Å²) in [5, 5.41) is 3.48. The van der Waals surface area contributed by atoms with E-state index in [0.29, 0.717) is 12.2 Å². The summed E-state index contributed by atoms with van der Waals surface area (Å²) in [6.45, 7) is 8.14. The van der Waals surface area contributed by atoms with Crippen LogP contribution in [0.15, 0.2) is 42.7 Å². The molecule has 2 N–H and O–H groups in total. The second-order valence-electron chi connectivity index (χ2n) is 6.22. The first kappa shape index (κ1) is 15.1. The molecule has 0 aliphatic carbocycles. The van der Waals surface area contributed by atoms with Gasteiger partial charge in [0.25, 0.3) is 0 Å². The van der Waals surface area contributed by atoms with Crippen molar-refractivity contribution in [2.45, 2.75) is 39.1 Å². The van der Waals surface area contributed by atoms with E-state index in [-0.39, 0.29) is 0 Å². The third kappa shape index (κ3) is 4.12. The molecule has 118 valence electrons. The summed E-state index contributed by atoms with van der Waals surface area (Å²) in [7, 11) is 0. The Labute approximate surface area is 132 Å². The van der Waals surface area contributed by atoms with Gasteiger partial charge in [0.05, 0.1) is 12.2 Å². The first-order chi connectivity index (χ1) is 10.7. The second kappa shape index (κ2) is 6.99. The fourth-order valence-electron chi connectivity index (χ4n) is 3.12. The molecule has 1 saturated heterocycles. The lowest BCUT2D eigenvalue weighted by Crippen LogP contribution is -2.44. The van der Waals surface area contributed by atoms with Crippen molar-refractivity contribution in [1.29, 1.82) is 0 Å². The lowest BCUT2D eigenvalue weighted by atomic mass is 10.1. The molecule has 4 nitrogen and oxygen atoms in total. The van der Waals surface area contributed by atoms with Crippen LogP contribution in [0.3, 0.4) is 0 Å². The number of rotatable bonds is 5. The zero-order valence-electron chi connectivity index (χ0n) is 13.4. The van der Waals surface area contributed by atoms with Crippen LogP contribution in [0.2, 0.25) is 0 Å². The Bertz CT molecular complexity index is 572. The third-order valence-electron chi connectivity index (χ3n) is 3.99. The van der Waals surface area contributed by atoms with Gasteiger partial charge in [0, 0.05) is 44.3 Å². The minimum Gasteiger partial charge on any atom is -0.381 e. The molecule has 1 aromatic heterocycles. The first-order valence-electron chi connectivity index (χ1n) is 8.01. The lowest BCUT2D eigenvalue weighted by Gasteiger charge is -2.35. The molecule has 2 heterocycles. The quantitative estimate of drug-likeness (QED) is 0.890. The van der Waals surface area contributed by atoms with Gasteiger partial charge in [-0.15, -0.1) is 0 Å². The third-order valence-corrected chi connectivity index (χ3v) is 3.99. The molecular weight excluding hydrogens is 274 g/mol. The first-order valence-corrected chi connectivity index (χ1v) is 8.01. The Balaban J connectivity index is 1.58. The molecule has 3 rings (SSSR count). The summed E-state index contributed by atoms with van der Waals surface area (Å²) in [6.07, 6.45) is 4.61. The number of ether oxygens (including phenoxy) is 1. The fourth-order valence-corrected chi connectivity index (χ4v) is 3.12. The summed E-state index contributed by atoms with van der Waals surface area (Å²) in [5.41, 5.74) is 3.79. The Morgan fingerprint density at radius 2 is 2.00 bits per heavy atom. The normalized spacial score (nSPS) is 22.6. The van der Waals surface area contributed by atoms with Gasteiger partial charge in [-0.05, 0) is 43.2 Å². The molecule has 0 spiro atoms. The molecule has 0 amide bonds.